The molecule has 0 fully saturated rings. The fourth-order valence-corrected chi connectivity index (χ4v) is 2.81. The lowest BCUT2D eigenvalue weighted by Gasteiger charge is -2.20. The molecule has 0 rings (SSSR count). The zero-order chi connectivity index (χ0) is 13.5. The number of hydrogen-bond acceptors (Lipinski definition) is 1. The highest BCUT2D eigenvalue weighted by Crippen LogP contribution is 2.09. The van der Waals surface area contributed by atoms with Crippen LogP contribution in [0.1, 0.15) is 78.1 Å². The molecule has 110 valence electrons. The topological polar surface area (TPSA) is 3.24 Å². The lowest BCUT2D eigenvalue weighted by Crippen LogP contribution is -2.28. The van der Waals surface area contributed by atoms with Gasteiger partial charge < -0.3 is 4.90 Å². The van der Waals surface area contributed by atoms with Crippen molar-refractivity contribution >= 4 is 15.9 Å². The molecule has 0 aromatic rings. The first-order chi connectivity index (χ1) is 8.85. The third-order valence-corrected chi connectivity index (χ3v) is 3.91. The lowest BCUT2D eigenvalue weighted by atomic mass is 10.1. The van der Waals surface area contributed by atoms with E-state index < -0.39 is 0 Å². The first-order valence-electron chi connectivity index (χ1n) is 8.13. The van der Waals surface area contributed by atoms with Gasteiger partial charge in [0.1, 0.15) is 0 Å². The van der Waals surface area contributed by atoms with E-state index in [1.807, 2.05) is 0 Å². The molecular weight excluding hydrogens is 286 g/mol. The van der Waals surface area contributed by atoms with Crippen LogP contribution >= 0.6 is 15.9 Å². The Kier molecular flexibility index (Phi) is 15.9. The standard InChI is InChI=1S/C16H34BrN/c1-3-5-7-8-9-10-11-12-15-18(16-13-17)14-6-4-2/h3-16H2,1-2H3. The fourth-order valence-electron chi connectivity index (χ4n) is 2.31. The molecule has 0 aromatic heterocycles. The molecular formula is C16H34BrN. The maximum absolute atomic E-state index is 3.56. The minimum Gasteiger partial charge on any atom is -0.303 e. The number of alkyl halides is 1. The van der Waals surface area contributed by atoms with E-state index in [9.17, 15) is 0 Å². The van der Waals surface area contributed by atoms with Crippen LogP contribution in [0.3, 0.4) is 0 Å². The van der Waals surface area contributed by atoms with Crippen LogP contribution in [0, 0.1) is 0 Å². The SMILES string of the molecule is CCCCCCCCCCN(CCBr)CCCC. The minimum absolute atomic E-state index is 1.12. The van der Waals surface area contributed by atoms with Crippen LogP contribution in [-0.4, -0.2) is 29.9 Å². The quantitative estimate of drug-likeness (QED) is 0.296. The molecule has 0 unspecified atom stereocenters. The van der Waals surface area contributed by atoms with Crippen molar-refractivity contribution in [3.8, 4) is 0 Å². The van der Waals surface area contributed by atoms with Gasteiger partial charge in [0.25, 0.3) is 0 Å². The predicted octanol–water partition coefficient (Wildman–Crippen LogP) is 5.62. The summed E-state index contributed by atoms with van der Waals surface area (Å²) in [6.45, 7) is 8.38. The van der Waals surface area contributed by atoms with Gasteiger partial charge in [-0.3, -0.25) is 0 Å². The zero-order valence-electron chi connectivity index (χ0n) is 12.7. The predicted molar refractivity (Wildman–Crippen MR) is 87.8 cm³/mol. The summed E-state index contributed by atoms with van der Waals surface area (Å²) in [7, 11) is 0. The van der Waals surface area contributed by atoms with Crippen molar-refractivity contribution in [2.45, 2.75) is 78.1 Å². The van der Waals surface area contributed by atoms with Gasteiger partial charge in [-0.2, -0.15) is 0 Å². The van der Waals surface area contributed by atoms with Gasteiger partial charge in [0.05, 0.1) is 0 Å². The van der Waals surface area contributed by atoms with Gasteiger partial charge in [0.2, 0.25) is 0 Å². The van der Waals surface area contributed by atoms with E-state index in [0.717, 1.165) is 5.33 Å². The lowest BCUT2D eigenvalue weighted by molar-refractivity contribution is 0.279. The Morgan fingerprint density at radius 3 is 1.67 bits per heavy atom. The molecule has 0 saturated heterocycles. The van der Waals surface area contributed by atoms with Crippen LogP contribution in [0.25, 0.3) is 0 Å². The molecule has 0 N–H and O–H groups in total. The van der Waals surface area contributed by atoms with Crippen LogP contribution < -0.4 is 0 Å². The second-order valence-corrected chi connectivity index (χ2v) is 6.15. The van der Waals surface area contributed by atoms with Crippen molar-refractivity contribution in [1.82, 2.24) is 4.90 Å². The fraction of sp³-hybridized carbons (Fsp3) is 1.00. The highest BCUT2D eigenvalue weighted by Gasteiger charge is 2.02. The van der Waals surface area contributed by atoms with Crippen LogP contribution in [0.2, 0.25) is 0 Å². The highest BCUT2D eigenvalue weighted by molar-refractivity contribution is 9.09. The van der Waals surface area contributed by atoms with Crippen molar-refractivity contribution in [3.05, 3.63) is 0 Å². The molecule has 0 aromatic carbocycles. The van der Waals surface area contributed by atoms with Crippen molar-refractivity contribution < 1.29 is 0 Å². The number of rotatable bonds is 14. The Balaban J connectivity index is 3.31. The van der Waals surface area contributed by atoms with Crippen LogP contribution in [0.5, 0.6) is 0 Å². The summed E-state index contributed by atoms with van der Waals surface area (Å²) in [5.74, 6) is 0. The normalized spacial score (nSPS) is 11.3. The molecule has 0 bridgehead atoms. The van der Waals surface area contributed by atoms with Gasteiger partial charge in [-0.25, -0.2) is 0 Å². The van der Waals surface area contributed by atoms with E-state index in [1.54, 1.807) is 0 Å². The van der Waals surface area contributed by atoms with E-state index in [2.05, 4.69) is 34.7 Å². The summed E-state index contributed by atoms with van der Waals surface area (Å²) in [5, 5.41) is 1.12. The Hall–Kier alpha value is 0.440. The van der Waals surface area contributed by atoms with Crippen LogP contribution in [0.4, 0.5) is 0 Å². The number of nitrogens with zero attached hydrogens (tertiary/aromatic N) is 1. The van der Waals surface area contributed by atoms with Crippen molar-refractivity contribution in [2.24, 2.45) is 0 Å². The third-order valence-electron chi connectivity index (χ3n) is 3.56. The first kappa shape index (κ1) is 18.4. The van der Waals surface area contributed by atoms with Gasteiger partial charge in [0.15, 0.2) is 0 Å². The van der Waals surface area contributed by atoms with Gasteiger partial charge in [-0.15, -0.1) is 0 Å². The second-order valence-electron chi connectivity index (χ2n) is 5.36. The van der Waals surface area contributed by atoms with Gasteiger partial charge >= 0.3 is 0 Å². The largest absolute Gasteiger partial charge is 0.303 e. The van der Waals surface area contributed by atoms with Crippen molar-refractivity contribution in [2.75, 3.05) is 25.0 Å². The zero-order valence-corrected chi connectivity index (χ0v) is 14.3. The van der Waals surface area contributed by atoms with Gasteiger partial charge in [-0.05, 0) is 25.9 Å². The molecule has 0 aliphatic carbocycles. The van der Waals surface area contributed by atoms with E-state index in [1.165, 1.54) is 83.8 Å². The molecule has 0 aliphatic rings. The average Bonchev–Trinajstić information content (AvgIpc) is 2.39. The Labute approximate surface area is 124 Å². The van der Waals surface area contributed by atoms with E-state index in [4.69, 9.17) is 0 Å². The summed E-state index contributed by atoms with van der Waals surface area (Å²) in [6.07, 6.45) is 14.1. The number of halogens is 1. The average molecular weight is 320 g/mol. The Morgan fingerprint density at radius 2 is 1.11 bits per heavy atom. The molecule has 0 atom stereocenters. The van der Waals surface area contributed by atoms with Crippen LogP contribution in [-0.2, 0) is 0 Å². The molecule has 0 saturated carbocycles. The maximum Gasteiger partial charge on any atom is 0.0159 e. The summed E-state index contributed by atoms with van der Waals surface area (Å²) in [5.41, 5.74) is 0. The maximum atomic E-state index is 3.56. The summed E-state index contributed by atoms with van der Waals surface area (Å²) < 4.78 is 0. The summed E-state index contributed by atoms with van der Waals surface area (Å²) in [6, 6.07) is 0. The highest BCUT2D eigenvalue weighted by atomic mass is 79.9. The Morgan fingerprint density at radius 1 is 0.611 bits per heavy atom. The number of unbranched alkanes of at least 4 members (excludes halogenated alkanes) is 8. The van der Waals surface area contributed by atoms with Gasteiger partial charge in [0, 0.05) is 11.9 Å². The summed E-state index contributed by atoms with van der Waals surface area (Å²) in [4.78, 5) is 2.62. The second kappa shape index (κ2) is 15.5. The minimum atomic E-state index is 1.12. The van der Waals surface area contributed by atoms with E-state index >= 15 is 0 Å². The van der Waals surface area contributed by atoms with E-state index in [-0.39, 0.29) is 0 Å². The molecule has 1 nitrogen and oxygen atoms in total. The first-order valence-corrected chi connectivity index (χ1v) is 9.25. The number of hydrogen-bond donors (Lipinski definition) is 0. The molecule has 0 radical (unpaired) electrons. The van der Waals surface area contributed by atoms with Crippen molar-refractivity contribution in [1.29, 1.82) is 0 Å². The van der Waals surface area contributed by atoms with Gasteiger partial charge in [-0.1, -0.05) is 81.1 Å². The third kappa shape index (κ3) is 12.9. The molecule has 0 heterocycles. The van der Waals surface area contributed by atoms with E-state index in [0.29, 0.717) is 0 Å². The van der Waals surface area contributed by atoms with Crippen molar-refractivity contribution in [3.63, 3.8) is 0 Å². The molecule has 0 amide bonds. The molecule has 2 heteroatoms. The smallest absolute Gasteiger partial charge is 0.0159 e. The molecule has 18 heavy (non-hydrogen) atoms. The molecule has 0 spiro atoms. The van der Waals surface area contributed by atoms with Crippen LogP contribution in [0.15, 0.2) is 0 Å². The monoisotopic (exact) mass is 319 g/mol. The Bertz CT molecular complexity index is 150. The summed E-state index contributed by atoms with van der Waals surface area (Å²) >= 11 is 3.56. The molecule has 0 aliphatic heterocycles.